The van der Waals surface area contributed by atoms with Crippen molar-refractivity contribution in [2.24, 2.45) is 0 Å². The van der Waals surface area contributed by atoms with Crippen molar-refractivity contribution in [2.75, 3.05) is 18.9 Å². The minimum Gasteiger partial charge on any atom is -0.358 e. The summed E-state index contributed by atoms with van der Waals surface area (Å²) in [5.41, 5.74) is 3.34. The number of fused-ring (bicyclic) bond motifs is 1. The number of likely N-dealkylation sites (N-methyl/N-ethyl adjacent to an activating group) is 1. The first kappa shape index (κ1) is 16.4. The molecule has 128 valence electrons. The molecule has 0 saturated carbocycles. The molecule has 9 heteroatoms. The third-order valence-corrected chi connectivity index (χ3v) is 3.55. The molecule has 3 aromatic heterocycles. The number of hydrogen-bond acceptors (Lipinski definition) is 5. The monoisotopic (exact) mass is 339 g/mol. The van der Waals surface area contributed by atoms with E-state index >= 15 is 0 Å². The average molecular weight is 339 g/mol. The number of nitrogens with zero attached hydrogens (tertiary/aromatic N) is 3. The number of pyridine rings is 2. The number of nitrogens with one attached hydrogen (secondary N) is 4. The van der Waals surface area contributed by atoms with Crippen molar-refractivity contribution < 1.29 is 9.59 Å². The topological polar surface area (TPSA) is 125 Å². The van der Waals surface area contributed by atoms with Gasteiger partial charge in [-0.3, -0.25) is 20.2 Å². The maximum absolute atomic E-state index is 11.8. The van der Waals surface area contributed by atoms with Crippen LogP contribution in [0.1, 0.15) is 5.69 Å². The molecule has 3 heterocycles. The van der Waals surface area contributed by atoms with E-state index in [1.165, 1.54) is 7.05 Å². The highest BCUT2D eigenvalue weighted by Crippen LogP contribution is 2.26. The van der Waals surface area contributed by atoms with Gasteiger partial charge < -0.3 is 10.6 Å². The largest absolute Gasteiger partial charge is 0.358 e. The number of urea groups is 1. The Labute approximate surface area is 143 Å². The molecule has 3 rings (SSSR count). The van der Waals surface area contributed by atoms with Crippen molar-refractivity contribution in [1.82, 2.24) is 30.8 Å². The SMILES string of the molecule is CNC(=O)CNC(=O)Nc1cc2[nH]nc(-c3ccnc(C)c3)c2cn1. The number of H-pyrrole nitrogens is 1. The van der Waals surface area contributed by atoms with Gasteiger partial charge in [-0.25, -0.2) is 9.78 Å². The number of aryl methyl sites for hydroxylation is 1. The average Bonchev–Trinajstić information content (AvgIpc) is 3.03. The fourth-order valence-corrected chi connectivity index (χ4v) is 2.30. The first-order chi connectivity index (χ1) is 12.1. The lowest BCUT2D eigenvalue weighted by Gasteiger charge is -2.06. The molecule has 9 nitrogen and oxygen atoms in total. The molecule has 0 aliphatic rings. The van der Waals surface area contributed by atoms with Gasteiger partial charge in [-0.2, -0.15) is 5.10 Å². The van der Waals surface area contributed by atoms with Gasteiger partial charge >= 0.3 is 6.03 Å². The number of hydrogen-bond donors (Lipinski definition) is 4. The Hall–Kier alpha value is -3.49. The van der Waals surface area contributed by atoms with Gasteiger partial charge in [-0.1, -0.05) is 0 Å². The fraction of sp³-hybridized carbons (Fsp3) is 0.188. The molecular weight excluding hydrogens is 322 g/mol. The standard InChI is InChI=1S/C16H17N7O2/c1-9-5-10(3-4-18-9)15-11-7-19-13(6-12(11)22-23-15)21-16(25)20-8-14(24)17-2/h3-7H,8H2,1-2H3,(H,17,24)(H,22,23)(H2,19,20,21,25). The molecule has 0 saturated heterocycles. The fourth-order valence-electron chi connectivity index (χ4n) is 2.30. The second-order valence-corrected chi connectivity index (χ2v) is 5.35. The van der Waals surface area contributed by atoms with E-state index in [0.29, 0.717) is 5.82 Å². The first-order valence-corrected chi connectivity index (χ1v) is 7.59. The Bertz CT molecular complexity index is 935. The van der Waals surface area contributed by atoms with Crippen molar-refractivity contribution in [3.63, 3.8) is 0 Å². The second-order valence-electron chi connectivity index (χ2n) is 5.35. The summed E-state index contributed by atoms with van der Waals surface area (Å²) in [4.78, 5) is 31.3. The maximum atomic E-state index is 11.8. The van der Waals surface area contributed by atoms with Crippen LogP contribution in [0.5, 0.6) is 0 Å². The van der Waals surface area contributed by atoms with Crippen LogP contribution in [0.2, 0.25) is 0 Å². The molecular formula is C16H17N7O2. The molecule has 0 aliphatic heterocycles. The van der Waals surface area contributed by atoms with Crippen molar-refractivity contribution in [3.8, 4) is 11.3 Å². The zero-order valence-electron chi connectivity index (χ0n) is 13.8. The molecule has 3 amide bonds. The highest BCUT2D eigenvalue weighted by Gasteiger charge is 2.11. The third-order valence-electron chi connectivity index (χ3n) is 3.55. The Balaban J connectivity index is 1.78. The van der Waals surface area contributed by atoms with Gasteiger partial charge in [0, 0.05) is 42.2 Å². The van der Waals surface area contributed by atoms with Crippen LogP contribution < -0.4 is 16.0 Å². The number of rotatable bonds is 4. The summed E-state index contributed by atoms with van der Waals surface area (Å²) in [5, 5.41) is 15.5. The summed E-state index contributed by atoms with van der Waals surface area (Å²) in [6.07, 6.45) is 3.36. The second kappa shape index (κ2) is 6.95. The van der Waals surface area contributed by atoms with Gasteiger partial charge in [-0.05, 0) is 19.1 Å². The van der Waals surface area contributed by atoms with E-state index in [1.807, 2.05) is 19.1 Å². The van der Waals surface area contributed by atoms with Crippen LogP contribution in [-0.4, -0.2) is 45.7 Å². The summed E-state index contributed by atoms with van der Waals surface area (Å²) in [6, 6.07) is 4.98. The van der Waals surface area contributed by atoms with Crippen LogP contribution in [0.15, 0.2) is 30.6 Å². The maximum Gasteiger partial charge on any atom is 0.320 e. The molecule has 0 bridgehead atoms. The highest BCUT2D eigenvalue weighted by atomic mass is 16.2. The van der Waals surface area contributed by atoms with Crippen LogP contribution in [0, 0.1) is 6.92 Å². The Morgan fingerprint density at radius 2 is 2.08 bits per heavy atom. The molecule has 0 radical (unpaired) electrons. The Kier molecular flexibility index (Phi) is 4.55. The van der Waals surface area contributed by atoms with Crippen molar-refractivity contribution >= 4 is 28.7 Å². The smallest absolute Gasteiger partial charge is 0.320 e. The van der Waals surface area contributed by atoms with E-state index in [4.69, 9.17) is 0 Å². The van der Waals surface area contributed by atoms with Gasteiger partial charge in [0.15, 0.2) is 0 Å². The molecule has 0 spiro atoms. The summed E-state index contributed by atoms with van der Waals surface area (Å²) >= 11 is 0. The number of aromatic nitrogens is 4. The van der Waals surface area contributed by atoms with Gasteiger partial charge in [0.25, 0.3) is 0 Å². The van der Waals surface area contributed by atoms with Crippen molar-refractivity contribution in [2.45, 2.75) is 6.92 Å². The summed E-state index contributed by atoms with van der Waals surface area (Å²) in [5.74, 6) is 0.0624. The van der Waals surface area contributed by atoms with Crippen LogP contribution in [0.3, 0.4) is 0 Å². The first-order valence-electron chi connectivity index (χ1n) is 7.59. The van der Waals surface area contributed by atoms with Gasteiger partial charge in [0.2, 0.25) is 5.91 Å². The van der Waals surface area contributed by atoms with Crippen molar-refractivity contribution in [3.05, 3.63) is 36.3 Å². The Morgan fingerprint density at radius 1 is 1.24 bits per heavy atom. The highest BCUT2D eigenvalue weighted by molar-refractivity contribution is 5.96. The van der Waals surface area contributed by atoms with Gasteiger partial charge in [0.1, 0.15) is 11.5 Å². The number of carbonyl (C=O) groups excluding carboxylic acids is 2. The van der Waals surface area contributed by atoms with Crippen LogP contribution >= 0.6 is 0 Å². The molecule has 0 fully saturated rings. The summed E-state index contributed by atoms with van der Waals surface area (Å²) in [7, 11) is 1.50. The number of aromatic amines is 1. The molecule has 0 aliphatic carbocycles. The minimum absolute atomic E-state index is 0.111. The van der Waals surface area contributed by atoms with E-state index < -0.39 is 6.03 Å². The molecule has 4 N–H and O–H groups in total. The van der Waals surface area contributed by atoms with Gasteiger partial charge in [0.05, 0.1) is 12.1 Å². The van der Waals surface area contributed by atoms with E-state index in [9.17, 15) is 9.59 Å². The lowest BCUT2D eigenvalue weighted by molar-refractivity contribution is -0.119. The zero-order chi connectivity index (χ0) is 17.8. The van der Waals surface area contributed by atoms with E-state index in [2.05, 4.69) is 36.1 Å². The van der Waals surface area contributed by atoms with E-state index in [-0.39, 0.29) is 12.5 Å². The lowest BCUT2D eigenvalue weighted by Crippen LogP contribution is -2.37. The van der Waals surface area contributed by atoms with Gasteiger partial charge in [-0.15, -0.1) is 0 Å². The van der Waals surface area contributed by atoms with E-state index in [1.54, 1.807) is 18.5 Å². The summed E-state index contributed by atoms with van der Waals surface area (Å²) < 4.78 is 0. The lowest BCUT2D eigenvalue weighted by atomic mass is 10.1. The number of carbonyl (C=O) groups is 2. The molecule has 0 atom stereocenters. The van der Waals surface area contributed by atoms with Crippen LogP contribution in [0.4, 0.5) is 10.6 Å². The Morgan fingerprint density at radius 3 is 2.84 bits per heavy atom. The summed E-state index contributed by atoms with van der Waals surface area (Å²) in [6.45, 7) is 1.80. The molecule has 0 aromatic carbocycles. The number of amides is 3. The molecule has 3 aromatic rings. The minimum atomic E-state index is -0.514. The zero-order valence-corrected chi connectivity index (χ0v) is 13.8. The van der Waals surface area contributed by atoms with Crippen molar-refractivity contribution in [1.29, 1.82) is 0 Å². The third kappa shape index (κ3) is 3.71. The number of anilines is 1. The molecule has 25 heavy (non-hydrogen) atoms. The molecule has 0 unspecified atom stereocenters. The normalized spacial score (nSPS) is 10.5. The van der Waals surface area contributed by atoms with E-state index in [0.717, 1.165) is 27.9 Å². The quantitative estimate of drug-likeness (QED) is 0.568. The predicted molar refractivity (Wildman–Crippen MR) is 92.9 cm³/mol. The predicted octanol–water partition coefficient (Wildman–Crippen LogP) is 1.20. The van der Waals surface area contributed by atoms with Crippen LogP contribution in [0.25, 0.3) is 22.2 Å². The van der Waals surface area contributed by atoms with Crippen LogP contribution in [-0.2, 0) is 4.79 Å².